The Labute approximate surface area is 89.2 Å². The number of ether oxygens (including phenoxy) is 2. The van der Waals surface area contributed by atoms with Gasteiger partial charge in [0.1, 0.15) is 5.69 Å². The molecule has 0 saturated carbocycles. The van der Waals surface area contributed by atoms with Gasteiger partial charge in [0.15, 0.2) is 12.6 Å². The van der Waals surface area contributed by atoms with Crippen LogP contribution in [-0.2, 0) is 9.47 Å². The topological polar surface area (TPSA) is 48.4 Å². The van der Waals surface area contributed by atoms with E-state index in [2.05, 4.69) is 4.98 Å². The van der Waals surface area contributed by atoms with Crippen molar-refractivity contribution in [2.75, 3.05) is 14.2 Å². The van der Waals surface area contributed by atoms with Crippen LogP contribution in [0.15, 0.2) is 6.07 Å². The average molecular weight is 209 g/mol. The second kappa shape index (κ2) is 5.00. The van der Waals surface area contributed by atoms with E-state index in [1.54, 1.807) is 14.2 Å². The normalized spacial score (nSPS) is 10.7. The molecule has 0 aromatic carbocycles. The molecule has 0 saturated heterocycles. The number of hydrogen-bond acceptors (Lipinski definition) is 4. The predicted octanol–water partition coefficient (Wildman–Crippen LogP) is 1.80. The van der Waals surface area contributed by atoms with Gasteiger partial charge in [0, 0.05) is 25.5 Å². The first-order valence-corrected chi connectivity index (χ1v) is 4.63. The van der Waals surface area contributed by atoms with E-state index >= 15 is 0 Å². The van der Waals surface area contributed by atoms with Crippen LogP contribution in [0.3, 0.4) is 0 Å². The summed E-state index contributed by atoms with van der Waals surface area (Å²) >= 11 is 0. The Morgan fingerprint density at radius 3 is 2.40 bits per heavy atom. The summed E-state index contributed by atoms with van der Waals surface area (Å²) in [5.74, 6) is 0. The number of carbonyl (C=O) groups excluding carboxylic acids is 1. The zero-order chi connectivity index (χ0) is 11.4. The van der Waals surface area contributed by atoms with Gasteiger partial charge in [0.05, 0.1) is 0 Å². The van der Waals surface area contributed by atoms with E-state index < -0.39 is 6.29 Å². The molecule has 0 aliphatic rings. The molecule has 4 heteroatoms. The highest BCUT2D eigenvalue weighted by molar-refractivity contribution is 5.74. The lowest BCUT2D eigenvalue weighted by atomic mass is 10.1. The maximum Gasteiger partial charge on any atom is 0.184 e. The Balaban J connectivity index is 3.20. The summed E-state index contributed by atoms with van der Waals surface area (Å²) in [5, 5.41) is 0. The van der Waals surface area contributed by atoms with Crippen molar-refractivity contribution in [2.45, 2.75) is 20.1 Å². The SMILES string of the molecule is COC(OC)c1cc(C)c(C=O)nc1C. The van der Waals surface area contributed by atoms with Crippen molar-refractivity contribution in [1.29, 1.82) is 0 Å². The monoisotopic (exact) mass is 209 g/mol. The summed E-state index contributed by atoms with van der Waals surface area (Å²) in [6, 6.07) is 1.86. The molecule has 15 heavy (non-hydrogen) atoms. The van der Waals surface area contributed by atoms with E-state index in [1.807, 2.05) is 19.9 Å². The van der Waals surface area contributed by atoms with E-state index in [0.29, 0.717) is 5.69 Å². The van der Waals surface area contributed by atoms with Crippen molar-refractivity contribution in [3.05, 3.63) is 28.6 Å². The summed E-state index contributed by atoms with van der Waals surface area (Å²) in [7, 11) is 3.13. The molecule has 82 valence electrons. The lowest BCUT2D eigenvalue weighted by Crippen LogP contribution is -2.09. The smallest absolute Gasteiger partial charge is 0.184 e. The van der Waals surface area contributed by atoms with Gasteiger partial charge < -0.3 is 9.47 Å². The molecule has 0 bridgehead atoms. The molecule has 0 aliphatic heterocycles. The van der Waals surface area contributed by atoms with E-state index in [0.717, 1.165) is 23.1 Å². The van der Waals surface area contributed by atoms with Crippen LogP contribution < -0.4 is 0 Å². The van der Waals surface area contributed by atoms with E-state index in [9.17, 15) is 4.79 Å². The standard InChI is InChI=1S/C11H15NO3/c1-7-5-9(11(14-3)15-4)8(2)12-10(7)6-13/h5-6,11H,1-4H3. The molecule has 4 nitrogen and oxygen atoms in total. The third-order valence-electron chi connectivity index (χ3n) is 2.28. The molecule has 1 rings (SSSR count). The zero-order valence-electron chi connectivity index (χ0n) is 9.40. The summed E-state index contributed by atoms with van der Waals surface area (Å²) in [6.07, 6.45) is 0.317. The van der Waals surface area contributed by atoms with Crippen LogP contribution in [0.4, 0.5) is 0 Å². The highest BCUT2D eigenvalue weighted by atomic mass is 16.7. The third kappa shape index (κ3) is 2.40. The van der Waals surface area contributed by atoms with Gasteiger partial charge >= 0.3 is 0 Å². The van der Waals surface area contributed by atoms with Crippen LogP contribution in [0.25, 0.3) is 0 Å². The molecule has 0 unspecified atom stereocenters. The minimum atomic E-state index is -0.433. The van der Waals surface area contributed by atoms with Crippen LogP contribution >= 0.6 is 0 Å². The van der Waals surface area contributed by atoms with Gasteiger partial charge in [-0.3, -0.25) is 4.79 Å². The highest BCUT2D eigenvalue weighted by Gasteiger charge is 2.14. The molecule has 0 aliphatic carbocycles. The molecule has 0 atom stereocenters. The summed E-state index contributed by atoms with van der Waals surface area (Å²) in [6.45, 7) is 3.66. The number of hydrogen-bond donors (Lipinski definition) is 0. The van der Waals surface area contributed by atoms with Crippen LogP contribution in [-0.4, -0.2) is 25.5 Å². The molecule has 1 aromatic rings. The lowest BCUT2D eigenvalue weighted by Gasteiger charge is -2.16. The molecular formula is C11H15NO3. The van der Waals surface area contributed by atoms with Gasteiger partial charge in [-0.05, 0) is 25.5 Å². The van der Waals surface area contributed by atoms with Crippen molar-refractivity contribution in [3.8, 4) is 0 Å². The number of nitrogens with zero attached hydrogens (tertiary/aromatic N) is 1. The van der Waals surface area contributed by atoms with Gasteiger partial charge in [0.2, 0.25) is 0 Å². The van der Waals surface area contributed by atoms with E-state index in [-0.39, 0.29) is 0 Å². The van der Waals surface area contributed by atoms with Crippen molar-refractivity contribution in [1.82, 2.24) is 4.98 Å². The molecule has 0 fully saturated rings. The fourth-order valence-electron chi connectivity index (χ4n) is 1.45. The minimum Gasteiger partial charge on any atom is -0.352 e. The van der Waals surface area contributed by atoms with Crippen molar-refractivity contribution in [3.63, 3.8) is 0 Å². The van der Waals surface area contributed by atoms with Crippen LogP contribution in [0.1, 0.15) is 33.6 Å². The van der Waals surface area contributed by atoms with Gasteiger partial charge in [-0.1, -0.05) is 0 Å². The highest BCUT2D eigenvalue weighted by Crippen LogP contribution is 2.21. The fraction of sp³-hybridized carbons (Fsp3) is 0.455. The van der Waals surface area contributed by atoms with Gasteiger partial charge in [-0.15, -0.1) is 0 Å². The molecule has 1 aromatic heterocycles. The summed E-state index contributed by atoms with van der Waals surface area (Å²) in [5.41, 5.74) is 2.88. The lowest BCUT2D eigenvalue weighted by molar-refractivity contribution is -0.106. The first-order valence-electron chi connectivity index (χ1n) is 4.63. The minimum absolute atomic E-state index is 0.433. The number of aryl methyl sites for hydroxylation is 2. The Bertz CT molecular complexity index is 359. The Morgan fingerprint density at radius 2 is 1.93 bits per heavy atom. The quantitative estimate of drug-likeness (QED) is 0.560. The average Bonchev–Trinajstić information content (AvgIpc) is 2.24. The van der Waals surface area contributed by atoms with Crippen LogP contribution in [0.2, 0.25) is 0 Å². The van der Waals surface area contributed by atoms with Crippen molar-refractivity contribution >= 4 is 6.29 Å². The number of aldehydes is 1. The zero-order valence-corrected chi connectivity index (χ0v) is 9.40. The van der Waals surface area contributed by atoms with Crippen molar-refractivity contribution in [2.24, 2.45) is 0 Å². The first-order chi connectivity index (χ1) is 7.13. The third-order valence-corrected chi connectivity index (χ3v) is 2.28. The maximum absolute atomic E-state index is 10.7. The fourth-order valence-corrected chi connectivity index (χ4v) is 1.45. The predicted molar refractivity (Wildman–Crippen MR) is 55.9 cm³/mol. The van der Waals surface area contributed by atoms with Crippen molar-refractivity contribution < 1.29 is 14.3 Å². The number of aromatic nitrogens is 1. The number of carbonyl (C=O) groups is 1. The van der Waals surface area contributed by atoms with Crippen LogP contribution in [0.5, 0.6) is 0 Å². The number of rotatable bonds is 4. The van der Waals surface area contributed by atoms with E-state index in [1.165, 1.54) is 0 Å². The molecule has 0 spiro atoms. The van der Waals surface area contributed by atoms with Crippen LogP contribution in [0, 0.1) is 13.8 Å². The Kier molecular flexibility index (Phi) is 3.94. The molecular weight excluding hydrogens is 194 g/mol. The van der Waals surface area contributed by atoms with Gasteiger partial charge in [0.25, 0.3) is 0 Å². The molecule has 0 amide bonds. The molecule has 0 N–H and O–H groups in total. The van der Waals surface area contributed by atoms with Gasteiger partial charge in [-0.2, -0.15) is 0 Å². The molecule has 1 heterocycles. The Hall–Kier alpha value is -1.26. The second-order valence-electron chi connectivity index (χ2n) is 3.29. The largest absolute Gasteiger partial charge is 0.352 e. The van der Waals surface area contributed by atoms with E-state index in [4.69, 9.17) is 9.47 Å². The second-order valence-corrected chi connectivity index (χ2v) is 3.29. The number of pyridine rings is 1. The molecule has 0 radical (unpaired) electrons. The van der Waals surface area contributed by atoms with Gasteiger partial charge in [-0.25, -0.2) is 4.98 Å². The summed E-state index contributed by atoms with van der Waals surface area (Å²) < 4.78 is 10.3. The summed E-state index contributed by atoms with van der Waals surface area (Å²) in [4.78, 5) is 14.9. The maximum atomic E-state index is 10.7. The first kappa shape index (κ1) is 11.8. The number of methoxy groups -OCH3 is 2. The Morgan fingerprint density at radius 1 is 1.33 bits per heavy atom.